The third-order valence-corrected chi connectivity index (χ3v) is 5.82. The van der Waals surface area contributed by atoms with Gasteiger partial charge in [0.05, 0.1) is 18.6 Å². The molecule has 1 saturated heterocycles. The molecule has 1 atom stereocenters. The highest BCUT2D eigenvalue weighted by Crippen LogP contribution is 2.24. The molecule has 3 aromatic rings. The van der Waals surface area contributed by atoms with E-state index in [1.165, 1.54) is 24.1 Å². The second-order valence-corrected chi connectivity index (χ2v) is 7.79. The highest BCUT2D eigenvalue weighted by atomic mass is 32.1. The van der Waals surface area contributed by atoms with Crippen LogP contribution in [0.4, 0.5) is 5.82 Å². The molecule has 25 heavy (non-hydrogen) atoms. The fourth-order valence-corrected chi connectivity index (χ4v) is 4.13. The minimum absolute atomic E-state index is 0.617. The summed E-state index contributed by atoms with van der Waals surface area (Å²) in [5.74, 6) is 1.86. The number of thiophene rings is 1. The van der Waals surface area contributed by atoms with E-state index < -0.39 is 0 Å². The van der Waals surface area contributed by atoms with E-state index in [9.17, 15) is 0 Å². The summed E-state index contributed by atoms with van der Waals surface area (Å²) in [7, 11) is 0. The lowest BCUT2D eigenvalue weighted by Gasteiger charge is -2.32. The fourth-order valence-electron chi connectivity index (χ4n) is 3.49. The van der Waals surface area contributed by atoms with Crippen LogP contribution in [-0.2, 0) is 13.1 Å². The first kappa shape index (κ1) is 16.5. The number of hydrogen-bond donors (Lipinski definition) is 1. The van der Waals surface area contributed by atoms with Crippen LogP contribution in [0.3, 0.4) is 0 Å². The number of rotatable bonds is 5. The van der Waals surface area contributed by atoms with Gasteiger partial charge in [-0.25, -0.2) is 9.97 Å². The SMILES string of the molecule is C[C@@H]1CCCCN1Cc1nc(NCc2cccs2)c2ccccc2n1. The molecule has 1 N–H and O–H groups in total. The largest absolute Gasteiger partial charge is 0.365 e. The highest BCUT2D eigenvalue weighted by Gasteiger charge is 2.20. The number of benzene rings is 1. The molecule has 0 amide bonds. The number of fused-ring (bicyclic) bond motifs is 1. The molecule has 1 fully saturated rings. The van der Waals surface area contributed by atoms with Crippen LogP contribution in [0.15, 0.2) is 41.8 Å². The summed E-state index contributed by atoms with van der Waals surface area (Å²) in [5, 5.41) is 6.72. The monoisotopic (exact) mass is 352 g/mol. The van der Waals surface area contributed by atoms with Crippen molar-refractivity contribution >= 4 is 28.1 Å². The maximum Gasteiger partial charge on any atom is 0.145 e. The Morgan fingerprint density at radius 2 is 2.08 bits per heavy atom. The van der Waals surface area contributed by atoms with E-state index in [0.717, 1.165) is 42.2 Å². The molecule has 0 unspecified atom stereocenters. The predicted octanol–water partition coefficient (Wildman–Crippen LogP) is 4.68. The third kappa shape index (κ3) is 3.83. The summed E-state index contributed by atoms with van der Waals surface area (Å²) in [6.07, 6.45) is 3.89. The molecule has 4 nitrogen and oxygen atoms in total. The molecule has 3 heterocycles. The zero-order chi connectivity index (χ0) is 17.1. The van der Waals surface area contributed by atoms with Gasteiger partial charge >= 0.3 is 0 Å². The number of para-hydroxylation sites is 1. The molecule has 130 valence electrons. The maximum absolute atomic E-state index is 4.87. The van der Waals surface area contributed by atoms with Crippen LogP contribution in [0, 0.1) is 0 Å². The molecular formula is C20H24N4S. The van der Waals surface area contributed by atoms with Gasteiger partial charge in [0.2, 0.25) is 0 Å². The topological polar surface area (TPSA) is 41.1 Å². The van der Waals surface area contributed by atoms with E-state index in [-0.39, 0.29) is 0 Å². The molecule has 0 radical (unpaired) electrons. The standard InChI is InChI=1S/C20H24N4S/c1-15-7-4-5-11-24(15)14-19-22-18-10-3-2-9-17(18)20(23-19)21-13-16-8-6-12-25-16/h2-3,6,8-10,12,15H,4-5,7,11,13-14H2,1H3,(H,21,22,23)/t15-/m1/s1. The van der Waals surface area contributed by atoms with Gasteiger partial charge in [0, 0.05) is 16.3 Å². The predicted molar refractivity (Wildman–Crippen MR) is 105 cm³/mol. The maximum atomic E-state index is 4.87. The number of likely N-dealkylation sites (tertiary alicyclic amines) is 1. The first-order chi connectivity index (χ1) is 12.3. The van der Waals surface area contributed by atoms with E-state index in [2.05, 4.69) is 46.8 Å². The van der Waals surface area contributed by atoms with Crippen molar-refractivity contribution in [3.63, 3.8) is 0 Å². The van der Waals surface area contributed by atoms with Gasteiger partial charge in [-0.1, -0.05) is 24.6 Å². The summed E-state index contributed by atoms with van der Waals surface area (Å²) < 4.78 is 0. The molecular weight excluding hydrogens is 328 g/mol. The van der Waals surface area contributed by atoms with Crippen molar-refractivity contribution in [2.24, 2.45) is 0 Å². The normalized spacial score (nSPS) is 18.5. The van der Waals surface area contributed by atoms with Crippen molar-refractivity contribution in [1.82, 2.24) is 14.9 Å². The Labute approximate surface area is 152 Å². The van der Waals surface area contributed by atoms with Crippen LogP contribution in [0.25, 0.3) is 10.9 Å². The second kappa shape index (κ2) is 7.50. The highest BCUT2D eigenvalue weighted by molar-refractivity contribution is 7.09. The molecule has 0 saturated carbocycles. The van der Waals surface area contributed by atoms with E-state index in [1.54, 1.807) is 11.3 Å². The van der Waals surface area contributed by atoms with Gasteiger partial charge in [0.25, 0.3) is 0 Å². The van der Waals surface area contributed by atoms with Crippen LogP contribution >= 0.6 is 11.3 Å². The number of nitrogens with one attached hydrogen (secondary N) is 1. The Kier molecular flexibility index (Phi) is 4.95. The first-order valence-corrected chi connectivity index (χ1v) is 9.93. The summed E-state index contributed by atoms with van der Waals surface area (Å²) >= 11 is 1.77. The molecule has 4 rings (SSSR count). The number of nitrogens with zero attached hydrogens (tertiary/aromatic N) is 3. The molecule has 1 aliphatic heterocycles. The lowest BCUT2D eigenvalue weighted by molar-refractivity contribution is 0.149. The van der Waals surface area contributed by atoms with Gasteiger partial charge < -0.3 is 5.32 Å². The van der Waals surface area contributed by atoms with Crippen molar-refractivity contribution in [3.05, 3.63) is 52.5 Å². The van der Waals surface area contributed by atoms with E-state index >= 15 is 0 Å². The molecule has 1 aliphatic rings. The molecule has 0 bridgehead atoms. The van der Waals surface area contributed by atoms with Crippen LogP contribution < -0.4 is 5.32 Å². The van der Waals surface area contributed by atoms with E-state index in [0.29, 0.717) is 6.04 Å². The summed E-state index contributed by atoms with van der Waals surface area (Å²) in [6.45, 7) is 5.10. The average molecular weight is 353 g/mol. The van der Waals surface area contributed by atoms with Crippen molar-refractivity contribution in [2.45, 2.75) is 45.3 Å². The van der Waals surface area contributed by atoms with Gasteiger partial charge in [-0.2, -0.15) is 0 Å². The number of aromatic nitrogens is 2. The van der Waals surface area contributed by atoms with Gasteiger partial charge in [-0.3, -0.25) is 4.90 Å². The zero-order valence-corrected chi connectivity index (χ0v) is 15.4. The third-order valence-electron chi connectivity index (χ3n) is 4.94. The molecule has 0 spiro atoms. The smallest absolute Gasteiger partial charge is 0.145 e. The zero-order valence-electron chi connectivity index (χ0n) is 14.6. The summed E-state index contributed by atoms with van der Waals surface area (Å²) in [6, 6.07) is 13.1. The minimum Gasteiger partial charge on any atom is -0.365 e. The Morgan fingerprint density at radius 1 is 1.16 bits per heavy atom. The summed E-state index contributed by atoms with van der Waals surface area (Å²) in [4.78, 5) is 13.5. The Morgan fingerprint density at radius 3 is 2.92 bits per heavy atom. The Balaban J connectivity index is 1.61. The van der Waals surface area contributed by atoms with Crippen molar-refractivity contribution < 1.29 is 0 Å². The van der Waals surface area contributed by atoms with Gasteiger partial charge in [-0.05, 0) is 49.9 Å². The van der Waals surface area contributed by atoms with Crippen molar-refractivity contribution in [2.75, 3.05) is 11.9 Å². The first-order valence-electron chi connectivity index (χ1n) is 9.05. The van der Waals surface area contributed by atoms with E-state index in [1.807, 2.05) is 12.1 Å². The Hall–Kier alpha value is -1.98. The molecule has 0 aliphatic carbocycles. The van der Waals surface area contributed by atoms with Gasteiger partial charge in [0.15, 0.2) is 0 Å². The average Bonchev–Trinajstić information content (AvgIpc) is 3.15. The summed E-state index contributed by atoms with van der Waals surface area (Å²) in [5.41, 5.74) is 1.02. The number of hydrogen-bond acceptors (Lipinski definition) is 5. The minimum atomic E-state index is 0.617. The van der Waals surface area contributed by atoms with Crippen LogP contribution in [0.2, 0.25) is 0 Å². The molecule has 2 aromatic heterocycles. The van der Waals surface area contributed by atoms with Crippen molar-refractivity contribution in [1.29, 1.82) is 0 Å². The van der Waals surface area contributed by atoms with Gasteiger partial charge in [-0.15, -0.1) is 11.3 Å². The number of piperidine rings is 1. The molecule has 5 heteroatoms. The van der Waals surface area contributed by atoms with Crippen LogP contribution in [0.5, 0.6) is 0 Å². The lowest BCUT2D eigenvalue weighted by atomic mass is 10.0. The molecule has 1 aromatic carbocycles. The van der Waals surface area contributed by atoms with Gasteiger partial charge in [0.1, 0.15) is 11.6 Å². The number of anilines is 1. The second-order valence-electron chi connectivity index (χ2n) is 6.75. The van der Waals surface area contributed by atoms with E-state index in [4.69, 9.17) is 9.97 Å². The lowest BCUT2D eigenvalue weighted by Crippen LogP contribution is -2.37. The van der Waals surface area contributed by atoms with Crippen LogP contribution in [-0.4, -0.2) is 27.5 Å². The Bertz CT molecular complexity index is 831. The van der Waals surface area contributed by atoms with Crippen molar-refractivity contribution in [3.8, 4) is 0 Å². The van der Waals surface area contributed by atoms with Crippen LogP contribution in [0.1, 0.15) is 36.9 Å². The quantitative estimate of drug-likeness (QED) is 0.724. The fraction of sp³-hybridized carbons (Fsp3) is 0.400.